The summed E-state index contributed by atoms with van der Waals surface area (Å²) in [6.45, 7) is 3.06. The molecular weight excluding hydrogens is 318 g/mol. The molecule has 0 spiro atoms. The van der Waals surface area contributed by atoms with Crippen LogP contribution >= 0.6 is 0 Å². The van der Waals surface area contributed by atoms with Crippen LogP contribution in [0.3, 0.4) is 0 Å². The van der Waals surface area contributed by atoms with Crippen LogP contribution in [0.5, 0.6) is 5.75 Å². The summed E-state index contributed by atoms with van der Waals surface area (Å²) in [5.74, 6) is -0.435. The van der Waals surface area contributed by atoms with Gasteiger partial charge >= 0.3 is 0 Å². The van der Waals surface area contributed by atoms with E-state index in [1.807, 2.05) is 6.07 Å². The molecule has 128 valence electrons. The summed E-state index contributed by atoms with van der Waals surface area (Å²) >= 11 is 0. The second-order valence-electron chi connectivity index (χ2n) is 5.93. The first-order valence-corrected chi connectivity index (χ1v) is 7.64. The van der Waals surface area contributed by atoms with E-state index in [2.05, 4.69) is 10.6 Å². The van der Waals surface area contributed by atoms with E-state index in [0.717, 1.165) is 0 Å². The molecule has 0 saturated heterocycles. The Morgan fingerprint density at radius 3 is 2.40 bits per heavy atom. The van der Waals surface area contributed by atoms with E-state index in [4.69, 9.17) is 10.00 Å². The minimum Gasteiger partial charge on any atom is -0.495 e. The van der Waals surface area contributed by atoms with E-state index in [-0.39, 0.29) is 0 Å². The molecular formula is C19H19N3O3. The van der Waals surface area contributed by atoms with Gasteiger partial charge in [-0.15, -0.1) is 0 Å². The van der Waals surface area contributed by atoms with Gasteiger partial charge in [0.15, 0.2) is 0 Å². The van der Waals surface area contributed by atoms with Crippen LogP contribution in [0.2, 0.25) is 0 Å². The molecule has 2 N–H and O–H groups in total. The summed E-state index contributed by atoms with van der Waals surface area (Å²) in [7, 11) is 1.50. The first-order chi connectivity index (χ1) is 11.9. The second-order valence-corrected chi connectivity index (χ2v) is 5.93. The van der Waals surface area contributed by atoms with Crippen LogP contribution < -0.4 is 15.4 Å². The topological polar surface area (TPSA) is 91.2 Å². The Kier molecular flexibility index (Phi) is 5.40. The summed E-state index contributed by atoms with van der Waals surface area (Å²) in [6.07, 6.45) is 0. The van der Waals surface area contributed by atoms with Gasteiger partial charge in [0, 0.05) is 5.69 Å². The number of nitrogens with zero attached hydrogens (tertiary/aromatic N) is 1. The molecule has 6 heteroatoms. The van der Waals surface area contributed by atoms with Gasteiger partial charge in [0.1, 0.15) is 11.2 Å². The number of ether oxygens (including phenoxy) is 1. The number of para-hydroxylation sites is 2. The average molecular weight is 337 g/mol. The second kappa shape index (κ2) is 7.49. The predicted octanol–water partition coefficient (Wildman–Crippen LogP) is 3.17. The summed E-state index contributed by atoms with van der Waals surface area (Å²) in [5.41, 5.74) is 0.0439. The lowest BCUT2D eigenvalue weighted by atomic mass is 9.90. The maximum atomic E-state index is 12.6. The van der Waals surface area contributed by atoms with Crippen LogP contribution in [0.4, 0.5) is 11.4 Å². The Hall–Kier alpha value is -3.33. The third-order valence-corrected chi connectivity index (χ3v) is 3.74. The summed E-state index contributed by atoms with van der Waals surface area (Å²) in [4.78, 5) is 25.1. The van der Waals surface area contributed by atoms with Gasteiger partial charge < -0.3 is 15.4 Å². The number of hydrogen-bond acceptors (Lipinski definition) is 4. The Labute approximate surface area is 146 Å². The molecule has 0 aliphatic carbocycles. The van der Waals surface area contributed by atoms with Crippen LogP contribution in [0, 0.1) is 16.7 Å². The highest BCUT2D eigenvalue weighted by atomic mass is 16.5. The molecule has 2 aromatic rings. The van der Waals surface area contributed by atoms with Crippen molar-refractivity contribution in [3.63, 3.8) is 0 Å². The fraction of sp³-hybridized carbons (Fsp3) is 0.211. The zero-order valence-corrected chi connectivity index (χ0v) is 14.3. The minimum atomic E-state index is -1.33. The van der Waals surface area contributed by atoms with E-state index >= 15 is 0 Å². The van der Waals surface area contributed by atoms with Crippen molar-refractivity contribution in [2.45, 2.75) is 13.8 Å². The van der Waals surface area contributed by atoms with Crippen molar-refractivity contribution < 1.29 is 14.3 Å². The highest BCUT2D eigenvalue weighted by Crippen LogP contribution is 2.27. The fourth-order valence-corrected chi connectivity index (χ4v) is 2.08. The van der Waals surface area contributed by atoms with Crippen LogP contribution in [0.15, 0.2) is 48.5 Å². The molecule has 6 nitrogen and oxygen atoms in total. The third-order valence-electron chi connectivity index (χ3n) is 3.74. The lowest BCUT2D eigenvalue weighted by molar-refractivity contribution is -0.135. The van der Waals surface area contributed by atoms with Crippen molar-refractivity contribution in [2.75, 3.05) is 17.7 Å². The number of nitrogens with one attached hydrogen (secondary N) is 2. The van der Waals surface area contributed by atoms with Gasteiger partial charge in [-0.25, -0.2) is 0 Å². The van der Waals surface area contributed by atoms with E-state index in [1.54, 1.807) is 48.5 Å². The van der Waals surface area contributed by atoms with E-state index in [1.165, 1.54) is 21.0 Å². The SMILES string of the molecule is COc1ccccc1NC(=O)C(C)(C)C(=O)Nc1cccc(C#N)c1. The highest BCUT2D eigenvalue weighted by Gasteiger charge is 2.36. The molecule has 0 fully saturated rings. The van der Waals surface area contributed by atoms with Crippen molar-refractivity contribution in [3.8, 4) is 11.8 Å². The fourth-order valence-electron chi connectivity index (χ4n) is 2.08. The number of amides is 2. The molecule has 2 aromatic carbocycles. The Bertz CT molecular complexity index is 838. The zero-order valence-electron chi connectivity index (χ0n) is 14.3. The number of carbonyl (C=O) groups excluding carboxylic acids is 2. The Morgan fingerprint density at radius 2 is 1.72 bits per heavy atom. The minimum absolute atomic E-state index is 0.425. The normalized spacial score (nSPS) is 10.5. The highest BCUT2D eigenvalue weighted by molar-refractivity contribution is 6.14. The van der Waals surface area contributed by atoms with Gasteiger partial charge in [-0.3, -0.25) is 9.59 Å². The molecule has 0 atom stereocenters. The van der Waals surface area contributed by atoms with Crippen LogP contribution in [-0.2, 0) is 9.59 Å². The van der Waals surface area contributed by atoms with Crippen LogP contribution in [-0.4, -0.2) is 18.9 Å². The Balaban J connectivity index is 2.14. The standard InChI is InChI=1S/C19H19N3O3/c1-19(2,17(23)21-14-8-6-7-13(11-14)12-20)18(24)22-15-9-4-5-10-16(15)25-3/h4-11H,1-3H3,(H,21,23)(H,22,24). The summed E-state index contributed by atoms with van der Waals surface area (Å²) in [5, 5.41) is 14.3. The molecule has 0 bridgehead atoms. The van der Waals surface area contributed by atoms with Gasteiger partial charge in [0.2, 0.25) is 11.8 Å². The van der Waals surface area contributed by atoms with Gasteiger partial charge in [-0.05, 0) is 44.2 Å². The maximum Gasteiger partial charge on any atom is 0.239 e. The zero-order chi connectivity index (χ0) is 18.4. The van der Waals surface area contributed by atoms with E-state index in [9.17, 15) is 9.59 Å². The van der Waals surface area contributed by atoms with Crippen LogP contribution in [0.25, 0.3) is 0 Å². The average Bonchev–Trinajstić information content (AvgIpc) is 2.62. The number of carbonyl (C=O) groups is 2. The molecule has 0 saturated carbocycles. The Morgan fingerprint density at radius 1 is 1.04 bits per heavy atom. The van der Waals surface area contributed by atoms with Crippen molar-refractivity contribution in [1.29, 1.82) is 5.26 Å². The monoisotopic (exact) mass is 337 g/mol. The molecule has 0 aliphatic rings. The number of rotatable bonds is 5. The molecule has 0 aromatic heterocycles. The number of anilines is 2. The smallest absolute Gasteiger partial charge is 0.239 e. The number of nitriles is 1. The quantitative estimate of drug-likeness (QED) is 0.820. The number of benzene rings is 2. The van der Waals surface area contributed by atoms with E-state index in [0.29, 0.717) is 22.7 Å². The molecule has 2 amide bonds. The molecule has 25 heavy (non-hydrogen) atoms. The van der Waals surface area contributed by atoms with E-state index < -0.39 is 17.2 Å². The first-order valence-electron chi connectivity index (χ1n) is 7.64. The third kappa shape index (κ3) is 4.15. The molecule has 0 heterocycles. The van der Waals surface area contributed by atoms with Crippen LogP contribution in [0.1, 0.15) is 19.4 Å². The lowest BCUT2D eigenvalue weighted by Crippen LogP contribution is -2.41. The summed E-state index contributed by atoms with van der Waals surface area (Å²) < 4.78 is 5.19. The molecule has 2 rings (SSSR count). The van der Waals surface area contributed by atoms with Gasteiger partial charge in [0.05, 0.1) is 24.4 Å². The number of hydrogen-bond donors (Lipinski definition) is 2. The summed E-state index contributed by atoms with van der Waals surface area (Å²) in [6, 6.07) is 15.5. The van der Waals surface area contributed by atoms with Crippen molar-refractivity contribution >= 4 is 23.2 Å². The molecule has 0 unspecified atom stereocenters. The van der Waals surface area contributed by atoms with Crippen molar-refractivity contribution in [2.24, 2.45) is 5.41 Å². The van der Waals surface area contributed by atoms with Gasteiger partial charge in [-0.2, -0.15) is 5.26 Å². The van der Waals surface area contributed by atoms with Gasteiger partial charge in [0.25, 0.3) is 0 Å². The largest absolute Gasteiger partial charge is 0.495 e. The van der Waals surface area contributed by atoms with Crippen molar-refractivity contribution in [3.05, 3.63) is 54.1 Å². The van der Waals surface area contributed by atoms with Crippen molar-refractivity contribution in [1.82, 2.24) is 0 Å². The lowest BCUT2D eigenvalue weighted by Gasteiger charge is -2.23. The molecule has 0 radical (unpaired) electrons. The predicted molar refractivity (Wildman–Crippen MR) is 95.2 cm³/mol. The molecule has 0 aliphatic heterocycles. The van der Waals surface area contributed by atoms with Gasteiger partial charge in [-0.1, -0.05) is 18.2 Å². The first kappa shape index (κ1) is 18.0. The maximum absolute atomic E-state index is 12.6. The number of methoxy groups -OCH3 is 1.